The van der Waals surface area contributed by atoms with Crippen LogP contribution in [0, 0.1) is 0 Å². The minimum absolute atomic E-state index is 0.110. The summed E-state index contributed by atoms with van der Waals surface area (Å²) in [4.78, 5) is 68.0. The van der Waals surface area contributed by atoms with Crippen LogP contribution in [0.3, 0.4) is 0 Å². The molecule has 9 rings (SSSR count). The molecule has 0 fully saturated rings. The van der Waals surface area contributed by atoms with E-state index >= 15 is 0 Å². The number of aromatic carboxylic acids is 4. The highest BCUT2D eigenvalue weighted by molar-refractivity contribution is 6.34. The van der Waals surface area contributed by atoms with Crippen molar-refractivity contribution in [1.82, 2.24) is 0 Å². The lowest BCUT2D eigenvalue weighted by molar-refractivity contribution is 0.0686. The van der Waals surface area contributed by atoms with Gasteiger partial charge < -0.3 is 20.4 Å². The molecule has 0 radical (unpaired) electrons. The van der Waals surface area contributed by atoms with Crippen LogP contribution in [0.5, 0.6) is 0 Å². The summed E-state index contributed by atoms with van der Waals surface area (Å²) >= 11 is 0. The zero-order valence-electron chi connectivity index (χ0n) is 31.3. The van der Waals surface area contributed by atoms with Gasteiger partial charge in [-0.2, -0.15) is 0 Å². The summed E-state index contributed by atoms with van der Waals surface area (Å²) in [6.07, 6.45) is 13.5. The molecule has 8 bridgehead atoms. The maximum absolute atomic E-state index is 11.8. The molecule has 1 atom stereocenters. The fourth-order valence-corrected chi connectivity index (χ4v) is 7.71. The van der Waals surface area contributed by atoms with Gasteiger partial charge in [0.15, 0.2) is 0 Å². The van der Waals surface area contributed by atoms with Gasteiger partial charge in [0.1, 0.15) is 0 Å². The number of fused-ring (bicyclic) bond motifs is 4. The number of aliphatic imine (C=N–C) groups is 4. The van der Waals surface area contributed by atoms with Gasteiger partial charge in [-0.1, -0.05) is 54.6 Å². The number of carboxylic acid groups (broad SMARTS) is 4. The molecule has 12 heteroatoms. The highest BCUT2D eigenvalue weighted by Crippen LogP contribution is 2.40. The van der Waals surface area contributed by atoms with Crippen molar-refractivity contribution >= 4 is 63.4 Å². The highest BCUT2D eigenvalue weighted by Gasteiger charge is 2.31. The third-order valence-corrected chi connectivity index (χ3v) is 10.6. The molecular weight excluding hydrogens is 761 g/mol. The molecule has 0 spiro atoms. The second kappa shape index (κ2) is 14.8. The first-order valence-electron chi connectivity index (χ1n) is 18.7. The van der Waals surface area contributed by atoms with E-state index in [-0.39, 0.29) is 22.3 Å². The Morgan fingerprint density at radius 1 is 0.433 bits per heavy atom. The maximum Gasteiger partial charge on any atom is 0.335 e. The monoisotopic (exact) mass is 790 g/mol. The van der Waals surface area contributed by atoms with E-state index in [1.54, 1.807) is 48.5 Å². The second-order valence-electron chi connectivity index (χ2n) is 14.2. The molecule has 0 amide bonds. The van der Waals surface area contributed by atoms with E-state index in [0.29, 0.717) is 85.5 Å². The van der Waals surface area contributed by atoms with Gasteiger partial charge in [0.05, 0.1) is 73.8 Å². The average molecular weight is 791 g/mol. The predicted octanol–water partition coefficient (Wildman–Crippen LogP) is 8.57. The Kier molecular flexibility index (Phi) is 9.21. The van der Waals surface area contributed by atoms with Gasteiger partial charge in [0, 0.05) is 23.1 Å². The lowest BCUT2D eigenvalue weighted by Gasteiger charge is -2.17. The Morgan fingerprint density at radius 3 is 1.32 bits per heavy atom. The molecule has 5 aliphatic heterocycles. The average Bonchev–Trinajstić information content (AvgIpc) is 4.10. The van der Waals surface area contributed by atoms with Crippen LogP contribution >= 0.6 is 0 Å². The van der Waals surface area contributed by atoms with E-state index in [2.05, 4.69) is 0 Å². The SMILES string of the molecule is O=C(O)c1ccc(C2=C3C=CC(=N3)C(c3ccc(C(=O)O)cc3)=C3C=CC(=N3)C(c3ccc(C(=O)O)cc3)C3=NC(=C(c4ccc(C(=O)O)cc4)C4=NC2=CC4)C=C3)cc1. The first-order chi connectivity index (χ1) is 29.0. The molecule has 4 N–H and O–H groups in total. The standard InChI is InChI=1S/C48H30N4O8/c53-45(54)29-9-1-25(2-10-29)41-33-17-19-35(49-33)42(26-3-11-30(12-4-26)46(55)56)37-21-23-39(51-37)44(28-7-15-32(16-8-28)48(59)60)40-24-22-38(52-40)43(36-20-18-34(41)50-36)27-5-13-31(14-6-27)47(57)58/h1-23,42H,24H2,(H,53,54)(H,55,56)(H,57,58)(H,59,60). The summed E-state index contributed by atoms with van der Waals surface area (Å²) < 4.78 is 0. The Bertz CT molecular complexity index is 2950. The Morgan fingerprint density at radius 2 is 0.833 bits per heavy atom. The molecule has 4 aromatic carbocycles. The van der Waals surface area contributed by atoms with Gasteiger partial charge in [-0.05, 0) is 107 Å². The maximum atomic E-state index is 11.8. The largest absolute Gasteiger partial charge is 0.478 e. The molecule has 0 aliphatic carbocycles. The van der Waals surface area contributed by atoms with E-state index in [1.165, 1.54) is 48.5 Å². The zero-order valence-corrected chi connectivity index (χ0v) is 31.3. The van der Waals surface area contributed by atoms with Crippen molar-refractivity contribution in [2.45, 2.75) is 12.3 Å². The van der Waals surface area contributed by atoms with Crippen LogP contribution in [0.1, 0.15) is 76.0 Å². The molecule has 4 aromatic rings. The van der Waals surface area contributed by atoms with Gasteiger partial charge in [-0.3, -0.25) is 15.0 Å². The summed E-state index contributed by atoms with van der Waals surface area (Å²) in [5.41, 5.74) is 9.78. The molecule has 1 unspecified atom stereocenters. The number of carboxylic acids is 4. The Labute approximate surface area is 341 Å². The van der Waals surface area contributed by atoms with E-state index in [4.69, 9.17) is 20.0 Å². The quantitative estimate of drug-likeness (QED) is 0.136. The third kappa shape index (κ3) is 6.77. The molecule has 12 nitrogen and oxygen atoms in total. The van der Waals surface area contributed by atoms with Crippen LogP contribution in [-0.2, 0) is 0 Å². The molecule has 60 heavy (non-hydrogen) atoms. The van der Waals surface area contributed by atoms with Gasteiger partial charge in [0.25, 0.3) is 0 Å². The van der Waals surface area contributed by atoms with Crippen LogP contribution in [0.25, 0.3) is 16.7 Å². The second-order valence-corrected chi connectivity index (χ2v) is 14.2. The van der Waals surface area contributed by atoms with Crippen LogP contribution < -0.4 is 0 Å². The Balaban J connectivity index is 1.32. The summed E-state index contributed by atoms with van der Waals surface area (Å²) in [6, 6.07) is 26.0. The van der Waals surface area contributed by atoms with E-state index in [1.807, 2.05) is 42.5 Å². The molecule has 0 saturated heterocycles. The molecular formula is C48H30N4O8. The van der Waals surface area contributed by atoms with Crippen molar-refractivity contribution in [2.24, 2.45) is 20.0 Å². The number of hydrogen-bond donors (Lipinski definition) is 4. The summed E-state index contributed by atoms with van der Waals surface area (Å²) in [5, 5.41) is 38.7. The van der Waals surface area contributed by atoms with Crippen LogP contribution in [0.2, 0.25) is 0 Å². The molecule has 5 heterocycles. The number of allylic oxidation sites excluding steroid dienone is 10. The van der Waals surface area contributed by atoms with Crippen molar-refractivity contribution in [3.8, 4) is 0 Å². The molecule has 0 aromatic heterocycles. The lowest BCUT2D eigenvalue weighted by Crippen LogP contribution is -2.18. The van der Waals surface area contributed by atoms with Crippen molar-refractivity contribution < 1.29 is 39.6 Å². The smallest absolute Gasteiger partial charge is 0.335 e. The van der Waals surface area contributed by atoms with E-state index < -0.39 is 29.8 Å². The minimum atomic E-state index is -1.07. The van der Waals surface area contributed by atoms with E-state index in [0.717, 1.165) is 5.56 Å². The number of rotatable bonds is 8. The lowest BCUT2D eigenvalue weighted by atomic mass is 9.89. The normalized spacial score (nSPS) is 17.7. The van der Waals surface area contributed by atoms with Crippen molar-refractivity contribution in [3.05, 3.63) is 207 Å². The van der Waals surface area contributed by atoms with Gasteiger partial charge in [0.2, 0.25) is 0 Å². The summed E-state index contributed by atoms with van der Waals surface area (Å²) in [5.74, 6) is -4.83. The van der Waals surface area contributed by atoms with Crippen LogP contribution in [0.4, 0.5) is 0 Å². The number of nitrogens with zero attached hydrogens (tertiary/aromatic N) is 4. The molecule has 290 valence electrons. The fraction of sp³-hybridized carbons (Fsp3) is 0.0417. The molecule has 5 aliphatic rings. The Hall–Kier alpha value is -8.38. The van der Waals surface area contributed by atoms with Gasteiger partial charge >= 0.3 is 23.9 Å². The predicted molar refractivity (Wildman–Crippen MR) is 227 cm³/mol. The van der Waals surface area contributed by atoms with Gasteiger partial charge in [-0.15, -0.1) is 0 Å². The van der Waals surface area contributed by atoms with Crippen molar-refractivity contribution in [1.29, 1.82) is 0 Å². The van der Waals surface area contributed by atoms with Crippen molar-refractivity contribution in [2.75, 3.05) is 0 Å². The van der Waals surface area contributed by atoms with Crippen LogP contribution in [0.15, 0.2) is 182 Å². The zero-order chi connectivity index (χ0) is 41.7. The summed E-state index contributed by atoms with van der Waals surface area (Å²) in [7, 11) is 0. The topological polar surface area (TPSA) is 199 Å². The van der Waals surface area contributed by atoms with Crippen LogP contribution in [-0.4, -0.2) is 67.2 Å². The number of hydrogen-bond acceptors (Lipinski definition) is 8. The highest BCUT2D eigenvalue weighted by atomic mass is 16.4. The number of benzene rings is 4. The van der Waals surface area contributed by atoms with Gasteiger partial charge in [-0.25, -0.2) is 24.2 Å². The number of carbonyl (C=O) groups is 4. The first kappa shape index (κ1) is 37.2. The molecule has 0 saturated carbocycles. The fourth-order valence-electron chi connectivity index (χ4n) is 7.71. The first-order valence-corrected chi connectivity index (χ1v) is 18.7. The van der Waals surface area contributed by atoms with Crippen molar-refractivity contribution in [3.63, 3.8) is 0 Å². The summed E-state index contributed by atoms with van der Waals surface area (Å²) in [6.45, 7) is 0. The minimum Gasteiger partial charge on any atom is -0.478 e. The van der Waals surface area contributed by atoms with E-state index in [9.17, 15) is 39.6 Å². The third-order valence-electron chi connectivity index (χ3n) is 10.6.